The fourth-order valence-corrected chi connectivity index (χ4v) is 0.994. The lowest BCUT2D eigenvalue weighted by molar-refractivity contribution is 0.622. The van der Waals surface area contributed by atoms with Crippen molar-refractivity contribution in [2.75, 3.05) is 6.54 Å². The maximum Gasteiger partial charge on any atom is 0.0578 e. The van der Waals surface area contributed by atoms with Gasteiger partial charge in [0.25, 0.3) is 0 Å². The van der Waals surface area contributed by atoms with Crippen LogP contribution in [0.4, 0.5) is 0 Å². The van der Waals surface area contributed by atoms with Crippen molar-refractivity contribution in [2.24, 2.45) is 7.05 Å². The van der Waals surface area contributed by atoms with Crippen LogP contribution in [0.1, 0.15) is 18.5 Å². The van der Waals surface area contributed by atoms with Crippen LogP contribution in [0.2, 0.25) is 0 Å². The second-order valence-corrected chi connectivity index (χ2v) is 2.75. The quantitative estimate of drug-likeness (QED) is 0.665. The van der Waals surface area contributed by atoms with E-state index in [0.29, 0.717) is 6.54 Å². The van der Waals surface area contributed by atoms with E-state index in [4.69, 9.17) is 6.42 Å². The van der Waals surface area contributed by atoms with Gasteiger partial charge < -0.3 is 0 Å². The summed E-state index contributed by atoms with van der Waals surface area (Å²) in [5, 5.41) is 7.24. The van der Waals surface area contributed by atoms with Crippen LogP contribution >= 0.6 is 0 Å². The van der Waals surface area contributed by atoms with Crippen LogP contribution in [0, 0.1) is 12.3 Å². The molecule has 0 aliphatic rings. The third-order valence-corrected chi connectivity index (χ3v) is 1.74. The van der Waals surface area contributed by atoms with E-state index in [1.54, 1.807) is 4.68 Å². The number of rotatable bonds is 3. The molecule has 0 bridgehead atoms. The molecule has 3 heteroatoms. The summed E-state index contributed by atoms with van der Waals surface area (Å²) in [4.78, 5) is 0. The lowest BCUT2D eigenvalue weighted by Crippen LogP contribution is -2.18. The summed E-state index contributed by atoms with van der Waals surface area (Å²) in [6, 6.07) is 0.273. The molecule has 1 N–H and O–H groups in total. The Morgan fingerprint density at radius 1 is 1.83 bits per heavy atom. The van der Waals surface area contributed by atoms with Crippen LogP contribution in [-0.4, -0.2) is 16.3 Å². The number of hydrogen-bond acceptors (Lipinski definition) is 2. The van der Waals surface area contributed by atoms with Gasteiger partial charge in [0.15, 0.2) is 0 Å². The number of nitrogens with one attached hydrogen (secondary N) is 1. The van der Waals surface area contributed by atoms with Crippen molar-refractivity contribution >= 4 is 0 Å². The molecule has 0 spiro atoms. The highest BCUT2D eigenvalue weighted by Crippen LogP contribution is 2.08. The van der Waals surface area contributed by atoms with Gasteiger partial charge in [-0.05, 0) is 6.92 Å². The first-order chi connectivity index (χ1) is 5.74. The van der Waals surface area contributed by atoms with Crippen LogP contribution in [0.5, 0.6) is 0 Å². The molecule has 1 atom stereocenters. The Hall–Kier alpha value is -1.27. The smallest absolute Gasteiger partial charge is 0.0578 e. The lowest BCUT2D eigenvalue weighted by atomic mass is 10.2. The molecule has 1 aromatic heterocycles. The number of aryl methyl sites for hydroxylation is 1. The Kier molecular flexibility index (Phi) is 2.89. The van der Waals surface area contributed by atoms with Crippen molar-refractivity contribution in [2.45, 2.75) is 13.0 Å². The van der Waals surface area contributed by atoms with E-state index in [9.17, 15) is 0 Å². The topological polar surface area (TPSA) is 29.9 Å². The molecule has 64 valence electrons. The lowest BCUT2D eigenvalue weighted by Gasteiger charge is -2.07. The Balaban J connectivity index is 2.54. The fourth-order valence-electron chi connectivity index (χ4n) is 0.994. The summed E-state index contributed by atoms with van der Waals surface area (Å²) in [6.45, 7) is 2.66. The third-order valence-electron chi connectivity index (χ3n) is 1.74. The summed E-state index contributed by atoms with van der Waals surface area (Å²) in [5.41, 5.74) is 1.16. The van der Waals surface area contributed by atoms with E-state index in [2.05, 4.69) is 23.3 Å². The average molecular weight is 163 g/mol. The van der Waals surface area contributed by atoms with Crippen molar-refractivity contribution in [3.8, 4) is 12.3 Å². The largest absolute Gasteiger partial charge is 0.299 e. The predicted octanol–water partition coefficient (Wildman–Crippen LogP) is 0.704. The normalized spacial score (nSPS) is 12.4. The summed E-state index contributed by atoms with van der Waals surface area (Å²) in [6.07, 6.45) is 8.95. The summed E-state index contributed by atoms with van der Waals surface area (Å²) in [5.74, 6) is 2.54. The van der Waals surface area contributed by atoms with Gasteiger partial charge in [-0.15, -0.1) is 6.42 Å². The van der Waals surface area contributed by atoms with Crippen LogP contribution in [0.25, 0.3) is 0 Å². The van der Waals surface area contributed by atoms with Crippen molar-refractivity contribution < 1.29 is 0 Å². The van der Waals surface area contributed by atoms with Gasteiger partial charge in [-0.3, -0.25) is 10.00 Å². The molecular formula is C9H13N3. The third kappa shape index (κ3) is 2.11. The molecule has 0 saturated heterocycles. The Bertz CT molecular complexity index is 282. The summed E-state index contributed by atoms with van der Waals surface area (Å²) >= 11 is 0. The first kappa shape index (κ1) is 8.82. The monoisotopic (exact) mass is 163 g/mol. The molecule has 0 fully saturated rings. The molecular weight excluding hydrogens is 150 g/mol. The predicted molar refractivity (Wildman–Crippen MR) is 48.5 cm³/mol. The molecule has 1 aromatic rings. The van der Waals surface area contributed by atoms with Crippen LogP contribution in [0.3, 0.4) is 0 Å². The van der Waals surface area contributed by atoms with E-state index < -0.39 is 0 Å². The molecule has 1 rings (SSSR count). The highest BCUT2D eigenvalue weighted by Gasteiger charge is 2.04. The highest BCUT2D eigenvalue weighted by molar-refractivity contribution is 5.09. The molecule has 0 aromatic carbocycles. The van der Waals surface area contributed by atoms with Gasteiger partial charge in [0.2, 0.25) is 0 Å². The SMILES string of the molecule is C#CCNC(C)c1cnn(C)c1. The zero-order chi connectivity index (χ0) is 8.97. The molecule has 12 heavy (non-hydrogen) atoms. The van der Waals surface area contributed by atoms with Gasteiger partial charge in [-0.1, -0.05) is 5.92 Å². The summed E-state index contributed by atoms with van der Waals surface area (Å²) in [7, 11) is 1.90. The van der Waals surface area contributed by atoms with Gasteiger partial charge in [0, 0.05) is 24.8 Å². The fraction of sp³-hybridized carbons (Fsp3) is 0.444. The number of hydrogen-bond donors (Lipinski definition) is 1. The highest BCUT2D eigenvalue weighted by atomic mass is 15.2. The van der Waals surface area contributed by atoms with Crippen molar-refractivity contribution in [3.63, 3.8) is 0 Å². The Morgan fingerprint density at radius 3 is 3.08 bits per heavy atom. The molecule has 0 aliphatic heterocycles. The minimum Gasteiger partial charge on any atom is -0.299 e. The molecule has 1 heterocycles. The van der Waals surface area contributed by atoms with E-state index in [0.717, 1.165) is 5.56 Å². The molecule has 0 aliphatic carbocycles. The molecule has 0 saturated carbocycles. The Morgan fingerprint density at radius 2 is 2.58 bits per heavy atom. The second-order valence-electron chi connectivity index (χ2n) is 2.75. The van der Waals surface area contributed by atoms with Crippen molar-refractivity contribution in [1.82, 2.24) is 15.1 Å². The van der Waals surface area contributed by atoms with Gasteiger partial charge in [0.05, 0.1) is 12.7 Å². The minimum absolute atomic E-state index is 0.273. The number of nitrogens with zero attached hydrogens (tertiary/aromatic N) is 2. The molecule has 3 nitrogen and oxygen atoms in total. The Labute approximate surface area is 72.8 Å². The number of aromatic nitrogens is 2. The van der Waals surface area contributed by atoms with Crippen LogP contribution in [0.15, 0.2) is 12.4 Å². The van der Waals surface area contributed by atoms with E-state index in [1.807, 2.05) is 19.4 Å². The maximum absolute atomic E-state index is 5.13. The standard InChI is InChI=1S/C9H13N3/c1-4-5-10-8(2)9-6-11-12(3)7-9/h1,6-8,10H,5H2,2-3H3. The van der Waals surface area contributed by atoms with Gasteiger partial charge in [-0.2, -0.15) is 5.10 Å². The van der Waals surface area contributed by atoms with E-state index in [-0.39, 0.29) is 6.04 Å². The van der Waals surface area contributed by atoms with Crippen LogP contribution in [-0.2, 0) is 7.05 Å². The van der Waals surface area contributed by atoms with Crippen molar-refractivity contribution in [1.29, 1.82) is 0 Å². The minimum atomic E-state index is 0.273. The zero-order valence-electron chi connectivity index (χ0n) is 7.41. The molecule has 1 unspecified atom stereocenters. The van der Waals surface area contributed by atoms with Crippen molar-refractivity contribution in [3.05, 3.63) is 18.0 Å². The average Bonchev–Trinajstić information content (AvgIpc) is 2.47. The molecule has 0 amide bonds. The van der Waals surface area contributed by atoms with Gasteiger partial charge in [0.1, 0.15) is 0 Å². The van der Waals surface area contributed by atoms with Crippen LogP contribution < -0.4 is 5.32 Å². The molecule has 0 radical (unpaired) electrons. The number of terminal acetylenes is 1. The maximum atomic E-state index is 5.13. The zero-order valence-corrected chi connectivity index (χ0v) is 7.41. The summed E-state index contributed by atoms with van der Waals surface area (Å²) < 4.78 is 1.78. The van der Waals surface area contributed by atoms with E-state index >= 15 is 0 Å². The second kappa shape index (κ2) is 3.93. The van der Waals surface area contributed by atoms with Gasteiger partial charge >= 0.3 is 0 Å². The first-order valence-corrected chi connectivity index (χ1v) is 3.89. The van der Waals surface area contributed by atoms with Gasteiger partial charge in [-0.25, -0.2) is 0 Å². The first-order valence-electron chi connectivity index (χ1n) is 3.89. The van der Waals surface area contributed by atoms with E-state index in [1.165, 1.54) is 0 Å².